The summed E-state index contributed by atoms with van der Waals surface area (Å²) in [6, 6.07) is 9.49. The second-order valence-corrected chi connectivity index (χ2v) is 7.44. The summed E-state index contributed by atoms with van der Waals surface area (Å²) in [7, 11) is 0. The maximum atomic E-state index is 13.7. The number of carboxylic acids is 1. The highest BCUT2D eigenvalue weighted by Gasteiger charge is 2.55. The van der Waals surface area contributed by atoms with Gasteiger partial charge in [-0.1, -0.05) is 30.3 Å². The van der Waals surface area contributed by atoms with Gasteiger partial charge in [-0.2, -0.15) is 18.3 Å². The number of hydrogen-bond donors (Lipinski definition) is 1. The Bertz CT molecular complexity index is 1090. The molecule has 0 saturated heterocycles. The van der Waals surface area contributed by atoms with Gasteiger partial charge in [0, 0.05) is 23.6 Å². The number of hydrogen-bond acceptors (Lipinski definition) is 3. The molecule has 1 fully saturated rings. The van der Waals surface area contributed by atoms with Crippen LogP contribution in [-0.4, -0.2) is 20.9 Å². The minimum Gasteiger partial charge on any atom is -0.475 e. The van der Waals surface area contributed by atoms with E-state index in [1.807, 2.05) is 30.3 Å². The molecule has 0 aliphatic heterocycles. The van der Waals surface area contributed by atoms with Gasteiger partial charge in [0.25, 0.3) is 0 Å². The molecule has 8 heteroatoms. The SMILES string of the molecule is O=C(O)c1oc2c(c1C(F)(F)F)-c1nn(Cc3ccccc3)cc1C1(CC1)C2. The van der Waals surface area contributed by atoms with Crippen LogP contribution in [0, 0.1) is 0 Å². The molecular formula is C20H15F3N2O3. The van der Waals surface area contributed by atoms with E-state index in [0.717, 1.165) is 24.0 Å². The summed E-state index contributed by atoms with van der Waals surface area (Å²) < 4.78 is 48.0. The van der Waals surface area contributed by atoms with Gasteiger partial charge < -0.3 is 9.52 Å². The first-order chi connectivity index (χ1) is 13.3. The van der Waals surface area contributed by atoms with E-state index in [-0.39, 0.29) is 28.9 Å². The molecule has 2 heterocycles. The Morgan fingerprint density at radius 3 is 2.57 bits per heavy atom. The summed E-state index contributed by atoms with van der Waals surface area (Å²) in [5.41, 5.74) is 0.161. The van der Waals surface area contributed by atoms with Gasteiger partial charge in [-0.05, 0) is 18.4 Å². The molecule has 2 aliphatic rings. The Balaban J connectivity index is 1.69. The highest BCUT2D eigenvalue weighted by molar-refractivity contribution is 5.91. The summed E-state index contributed by atoms with van der Waals surface area (Å²) in [5.74, 6) is -2.71. The molecule has 1 aromatic carbocycles. The van der Waals surface area contributed by atoms with Crippen LogP contribution in [-0.2, 0) is 24.6 Å². The molecule has 144 valence electrons. The molecule has 1 N–H and O–H groups in total. The van der Waals surface area contributed by atoms with Crippen LogP contribution < -0.4 is 0 Å². The Kier molecular flexibility index (Phi) is 3.36. The van der Waals surface area contributed by atoms with E-state index in [4.69, 9.17) is 4.42 Å². The molecule has 5 rings (SSSR count). The zero-order chi connectivity index (χ0) is 19.7. The van der Waals surface area contributed by atoms with Crippen molar-refractivity contribution in [3.05, 3.63) is 64.7 Å². The number of carboxylic acid groups (broad SMARTS) is 1. The maximum Gasteiger partial charge on any atom is 0.421 e. The predicted octanol–water partition coefficient (Wildman–Crippen LogP) is 4.50. The molecule has 0 unspecified atom stereocenters. The van der Waals surface area contributed by atoms with Crippen molar-refractivity contribution in [1.82, 2.24) is 9.78 Å². The third-order valence-corrected chi connectivity index (χ3v) is 5.57. The number of benzene rings is 1. The van der Waals surface area contributed by atoms with Crippen molar-refractivity contribution in [2.24, 2.45) is 0 Å². The fraction of sp³-hybridized carbons (Fsp3) is 0.300. The molecule has 28 heavy (non-hydrogen) atoms. The predicted molar refractivity (Wildman–Crippen MR) is 92.1 cm³/mol. The lowest BCUT2D eigenvalue weighted by molar-refractivity contribution is -0.138. The molecule has 2 aromatic heterocycles. The van der Waals surface area contributed by atoms with Gasteiger partial charge in [0.15, 0.2) is 0 Å². The zero-order valence-electron chi connectivity index (χ0n) is 14.6. The average molecular weight is 388 g/mol. The number of furan rings is 1. The molecule has 0 bridgehead atoms. The van der Waals surface area contributed by atoms with Crippen molar-refractivity contribution in [2.75, 3.05) is 0 Å². The Morgan fingerprint density at radius 1 is 1.25 bits per heavy atom. The summed E-state index contributed by atoms with van der Waals surface area (Å²) in [6.45, 7) is 0.421. The molecule has 1 saturated carbocycles. The van der Waals surface area contributed by atoms with Crippen LogP contribution in [0.4, 0.5) is 13.2 Å². The molecule has 5 nitrogen and oxygen atoms in total. The maximum absolute atomic E-state index is 13.7. The third-order valence-electron chi connectivity index (χ3n) is 5.57. The number of aromatic nitrogens is 2. The minimum atomic E-state index is -4.85. The monoisotopic (exact) mass is 388 g/mol. The zero-order valence-corrected chi connectivity index (χ0v) is 14.6. The van der Waals surface area contributed by atoms with Crippen molar-refractivity contribution in [3.8, 4) is 11.3 Å². The standard InChI is InChI=1S/C20H15F3N2O3/c21-20(22,23)15-14-13(28-17(15)18(26)27)8-19(6-7-19)12-10-25(24-16(12)14)9-11-4-2-1-3-5-11/h1-5,10H,6-9H2,(H,26,27). The second-order valence-electron chi connectivity index (χ2n) is 7.44. The van der Waals surface area contributed by atoms with Crippen LogP contribution in [0.25, 0.3) is 11.3 Å². The third kappa shape index (κ3) is 2.47. The Hall–Kier alpha value is -3.03. The van der Waals surface area contributed by atoms with Crippen LogP contribution in [0.5, 0.6) is 0 Å². The summed E-state index contributed by atoms with van der Waals surface area (Å²) in [5, 5.41) is 13.7. The fourth-order valence-electron chi connectivity index (χ4n) is 4.12. The molecule has 0 radical (unpaired) electrons. The first-order valence-corrected chi connectivity index (χ1v) is 8.87. The number of rotatable bonds is 3. The minimum absolute atomic E-state index is 0.0692. The van der Waals surface area contributed by atoms with E-state index in [1.54, 1.807) is 10.9 Å². The average Bonchev–Trinajstić information content (AvgIpc) is 3.08. The van der Waals surface area contributed by atoms with Gasteiger partial charge in [0.05, 0.1) is 12.1 Å². The number of nitrogens with zero attached hydrogens (tertiary/aromatic N) is 2. The van der Waals surface area contributed by atoms with Crippen LogP contribution in [0.3, 0.4) is 0 Å². The van der Waals surface area contributed by atoms with E-state index in [1.165, 1.54) is 0 Å². The molecule has 1 spiro atoms. The van der Waals surface area contributed by atoms with Crippen molar-refractivity contribution in [2.45, 2.75) is 37.4 Å². The Labute approximate surface area is 157 Å². The molecular weight excluding hydrogens is 373 g/mol. The number of aromatic carboxylic acids is 1. The van der Waals surface area contributed by atoms with Gasteiger partial charge >= 0.3 is 12.1 Å². The van der Waals surface area contributed by atoms with Crippen molar-refractivity contribution in [3.63, 3.8) is 0 Å². The van der Waals surface area contributed by atoms with Crippen LogP contribution in [0.1, 0.15) is 45.8 Å². The summed E-state index contributed by atoms with van der Waals surface area (Å²) in [6.07, 6.45) is -1.14. The number of halogens is 3. The molecule has 2 aliphatic carbocycles. The van der Waals surface area contributed by atoms with E-state index >= 15 is 0 Å². The number of carbonyl (C=O) groups is 1. The number of alkyl halides is 3. The molecule has 0 atom stereocenters. The smallest absolute Gasteiger partial charge is 0.421 e. The van der Waals surface area contributed by atoms with Gasteiger partial charge in [-0.25, -0.2) is 4.79 Å². The van der Waals surface area contributed by atoms with Crippen molar-refractivity contribution >= 4 is 5.97 Å². The summed E-state index contributed by atoms with van der Waals surface area (Å²) in [4.78, 5) is 11.4. The quantitative estimate of drug-likeness (QED) is 0.718. The van der Waals surface area contributed by atoms with E-state index in [0.29, 0.717) is 6.54 Å². The first-order valence-electron chi connectivity index (χ1n) is 8.87. The van der Waals surface area contributed by atoms with Gasteiger partial charge in [-0.15, -0.1) is 0 Å². The lowest BCUT2D eigenvalue weighted by atomic mass is 9.82. The topological polar surface area (TPSA) is 68.3 Å². The highest BCUT2D eigenvalue weighted by Crippen LogP contribution is 2.59. The van der Waals surface area contributed by atoms with Gasteiger partial charge in [0.2, 0.25) is 5.76 Å². The molecule has 0 amide bonds. The lowest BCUT2D eigenvalue weighted by Crippen LogP contribution is -2.18. The van der Waals surface area contributed by atoms with Crippen molar-refractivity contribution < 1.29 is 27.5 Å². The second kappa shape index (κ2) is 5.50. The van der Waals surface area contributed by atoms with E-state index in [2.05, 4.69) is 5.10 Å². The highest BCUT2D eigenvalue weighted by atomic mass is 19.4. The van der Waals surface area contributed by atoms with Crippen LogP contribution in [0.15, 0.2) is 40.9 Å². The lowest BCUT2D eigenvalue weighted by Gasteiger charge is -2.20. The van der Waals surface area contributed by atoms with Crippen LogP contribution in [0.2, 0.25) is 0 Å². The normalized spacial score (nSPS) is 16.7. The van der Waals surface area contributed by atoms with Crippen molar-refractivity contribution in [1.29, 1.82) is 0 Å². The van der Waals surface area contributed by atoms with Gasteiger partial charge in [0.1, 0.15) is 17.0 Å². The molecule has 3 aromatic rings. The van der Waals surface area contributed by atoms with Gasteiger partial charge in [-0.3, -0.25) is 4.68 Å². The number of fused-ring (bicyclic) bond motifs is 4. The summed E-state index contributed by atoms with van der Waals surface area (Å²) >= 11 is 0. The largest absolute Gasteiger partial charge is 0.475 e. The van der Waals surface area contributed by atoms with E-state index in [9.17, 15) is 23.1 Å². The van der Waals surface area contributed by atoms with E-state index < -0.39 is 23.5 Å². The van der Waals surface area contributed by atoms with Crippen LogP contribution >= 0.6 is 0 Å². The first kappa shape index (κ1) is 17.1. The fourth-order valence-corrected chi connectivity index (χ4v) is 4.12. The Morgan fingerprint density at radius 2 is 1.96 bits per heavy atom.